The SMILES string of the molecule is O=C1CCc2cccc(c2)OCCO[C@@H]2C[C@@H](C(=O)O)N(C2)C(=O)[C@H](C2CCCCC2)N1. The van der Waals surface area contributed by atoms with Crippen LogP contribution in [-0.2, 0) is 25.5 Å². The van der Waals surface area contributed by atoms with E-state index in [0.717, 1.165) is 37.7 Å². The minimum Gasteiger partial charge on any atom is -0.491 e. The number of hydrogen-bond donors (Lipinski definition) is 2. The second-order valence-corrected chi connectivity index (χ2v) is 9.01. The predicted octanol–water partition coefficient (Wildman–Crippen LogP) is 2.15. The molecule has 1 aliphatic carbocycles. The lowest BCUT2D eigenvalue weighted by molar-refractivity contribution is -0.150. The van der Waals surface area contributed by atoms with E-state index in [1.807, 2.05) is 24.3 Å². The van der Waals surface area contributed by atoms with Gasteiger partial charge in [-0.25, -0.2) is 4.79 Å². The highest BCUT2D eigenvalue weighted by molar-refractivity contribution is 5.91. The van der Waals surface area contributed by atoms with E-state index < -0.39 is 18.1 Å². The quantitative estimate of drug-likeness (QED) is 0.724. The van der Waals surface area contributed by atoms with Gasteiger partial charge >= 0.3 is 5.97 Å². The van der Waals surface area contributed by atoms with Crippen molar-refractivity contribution in [2.75, 3.05) is 19.8 Å². The van der Waals surface area contributed by atoms with Gasteiger partial charge in [-0.15, -0.1) is 0 Å². The molecule has 0 unspecified atom stereocenters. The normalized spacial score (nSPS) is 28.1. The number of carbonyl (C=O) groups excluding carboxylic acids is 2. The molecule has 4 rings (SSSR count). The van der Waals surface area contributed by atoms with Crippen molar-refractivity contribution < 1.29 is 29.0 Å². The topological polar surface area (TPSA) is 105 Å². The van der Waals surface area contributed by atoms with Crippen molar-refractivity contribution in [1.82, 2.24) is 10.2 Å². The molecule has 0 aromatic heterocycles. The van der Waals surface area contributed by atoms with Gasteiger partial charge in [0.2, 0.25) is 11.8 Å². The maximum atomic E-state index is 13.6. The number of hydrogen-bond acceptors (Lipinski definition) is 5. The van der Waals surface area contributed by atoms with Crippen LogP contribution in [0.1, 0.15) is 50.5 Å². The molecular formula is C24H32N2O6. The Hall–Kier alpha value is -2.61. The van der Waals surface area contributed by atoms with Crippen LogP contribution < -0.4 is 10.1 Å². The maximum absolute atomic E-state index is 13.6. The fourth-order valence-corrected chi connectivity index (χ4v) is 5.09. The van der Waals surface area contributed by atoms with Crippen LogP contribution in [0.5, 0.6) is 5.75 Å². The van der Waals surface area contributed by atoms with E-state index in [-0.39, 0.29) is 43.2 Å². The van der Waals surface area contributed by atoms with Crippen LogP contribution in [-0.4, -0.2) is 65.7 Å². The molecule has 8 heteroatoms. The first kappa shape index (κ1) is 22.6. The molecule has 1 aromatic carbocycles. The molecule has 3 aliphatic rings. The minimum absolute atomic E-state index is 0.0326. The summed E-state index contributed by atoms with van der Waals surface area (Å²) in [5.74, 6) is -0.779. The predicted molar refractivity (Wildman–Crippen MR) is 116 cm³/mol. The maximum Gasteiger partial charge on any atom is 0.326 e. The van der Waals surface area contributed by atoms with Crippen molar-refractivity contribution in [2.45, 2.75) is 69.6 Å². The van der Waals surface area contributed by atoms with Gasteiger partial charge in [-0.3, -0.25) is 9.59 Å². The molecule has 32 heavy (non-hydrogen) atoms. The molecular weight excluding hydrogens is 412 g/mol. The van der Waals surface area contributed by atoms with Gasteiger partial charge in [0.25, 0.3) is 0 Å². The number of carboxylic acids is 1. The Balaban J connectivity index is 1.58. The second kappa shape index (κ2) is 10.3. The highest BCUT2D eigenvalue weighted by Crippen LogP contribution is 2.30. The zero-order valence-corrected chi connectivity index (χ0v) is 18.3. The highest BCUT2D eigenvalue weighted by atomic mass is 16.5. The average Bonchev–Trinajstić information content (AvgIpc) is 3.23. The second-order valence-electron chi connectivity index (χ2n) is 9.01. The first-order chi connectivity index (χ1) is 15.5. The van der Waals surface area contributed by atoms with Crippen molar-refractivity contribution >= 4 is 17.8 Å². The molecule has 4 bridgehead atoms. The van der Waals surface area contributed by atoms with E-state index in [2.05, 4.69) is 5.32 Å². The Labute approximate surface area is 188 Å². The van der Waals surface area contributed by atoms with Crippen molar-refractivity contribution in [1.29, 1.82) is 0 Å². The van der Waals surface area contributed by atoms with Gasteiger partial charge in [0.05, 0.1) is 12.7 Å². The summed E-state index contributed by atoms with van der Waals surface area (Å²) in [6.07, 6.45) is 5.55. The number of aryl methyl sites for hydroxylation is 1. The smallest absolute Gasteiger partial charge is 0.326 e. The molecule has 1 aromatic rings. The third-order valence-corrected chi connectivity index (χ3v) is 6.78. The Morgan fingerprint density at radius 3 is 2.69 bits per heavy atom. The van der Waals surface area contributed by atoms with Crippen LogP contribution in [0.3, 0.4) is 0 Å². The molecule has 3 atom stereocenters. The first-order valence-electron chi connectivity index (χ1n) is 11.7. The first-order valence-corrected chi connectivity index (χ1v) is 11.7. The van der Waals surface area contributed by atoms with E-state index in [1.165, 1.54) is 4.90 Å². The number of carboxylic acid groups (broad SMARTS) is 1. The number of nitrogens with zero attached hydrogens (tertiary/aromatic N) is 1. The van der Waals surface area contributed by atoms with E-state index in [9.17, 15) is 19.5 Å². The summed E-state index contributed by atoms with van der Waals surface area (Å²) in [6.45, 7) is 0.854. The van der Waals surface area contributed by atoms with Crippen LogP contribution in [0, 0.1) is 5.92 Å². The molecule has 2 heterocycles. The van der Waals surface area contributed by atoms with Gasteiger partial charge in [-0.2, -0.15) is 0 Å². The molecule has 2 fully saturated rings. The number of benzene rings is 1. The van der Waals surface area contributed by atoms with Gasteiger partial charge in [-0.05, 0) is 42.9 Å². The van der Waals surface area contributed by atoms with Gasteiger partial charge in [0.1, 0.15) is 24.4 Å². The van der Waals surface area contributed by atoms with Gasteiger partial charge in [0, 0.05) is 19.4 Å². The standard InChI is InChI=1S/C24H32N2O6/c27-21-10-9-16-5-4-8-18(13-16)31-11-12-32-19-14-20(24(29)30)26(15-19)23(28)22(25-21)17-6-2-1-3-7-17/h4-5,8,13,17,19-20,22H,1-3,6-7,9-12,14-15H2,(H,25,27)(H,29,30)/t19-,20+,22+/m1/s1. The molecule has 174 valence electrons. The summed E-state index contributed by atoms with van der Waals surface area (Å²) in [5.41, 5.74) is 0.987. The Morgan fingerprint density at radius 2 is 1.91 bits per heavy atom. The molecule has 1 saturated heterocycles. The zero-order chi connectivity index (χ0) is 22.5. The number of amides is 2. The molecule has 8 nitrogen and oxygen atoms in total. The summed E-state index contributed by atoms with van der Waals surface area (Å²) in [7, 11) is 0. The highest BCUT2D eigenvalue weighted by Gasteiger charge is 2.44. The lowest BCUT2D eigenvalue weighted by Crippen LogP contribution is -2.55. The van der Waals surface area contributed by atoms with E-state index in [4.69, 9.17) is 9.47 Å². The number of carbonyl (C=O) groups is 3. The van der Waals surface area contributed by atoms with Crippen LogP contribution in [0.25, 0.3) is 0 Å². The number of fused-ring (bicyclic) bond motifs is 4. The van der Waals surface area contributed by atoms with E-state index in [1.54, 1.807) is 0 Å². The molecule has 0 radical (unpaired) electrons. The Morgan fingerprint density at radius 1 is 1.09 bits per heavy atom. The molecule has 1 saturated carbocycles. The third kappa shape index (κ3) is 5.41. The van der Waals surface area contributed by atoms with Crippen LogP contribution in [0.15, 0.2) is 24.3 Å². The van der Waals surface area contributed by atoms with E-state index in [0.29, 0.717) is 25.4 Å². The van der Waals surface area contributed by atoms with Crippen molar-refractivity contribution in [3.63, 3.8) is 0 Å². The lowest BCUT2D eigenvalue weighted by Gasteiger charge is -2.34. The lowest BCUT2D eigenvalue weighted by atomic mass is 9.83. The zero-order valence-electron chi connectivity index (χ0n) is 18.3. The molecule has 2 N–H and O–H groups in total. The Kier molecular flexibility index (Phi) is 7.29. The number of nitrogens with one attached hydrogen (secondary N) is 1. The minimum atomic E-state index is -1.04. The van der Waals surface area contributed by atoms with Crippen molar-refractivity contribution in [2.24, 2.45) is 5.92 Å². The van der Waals surface area contributed by atoms with Crippen LogP contribution in [0.2, 0.25) is 0 Å². The summed E-state index contributed by atoms with van der Waals surface area (Å²) in [4.78, 5) is 39.7. The molecule has 0 spiro atoms. The van der Waals surface area contributed by atoms with Gasteiger partial charge < -0.3 is 24.8 Å². The summed E-state index contributed by atoms with van der Waals surface area (Å²) in [5, 5.41) is 12.7. The molecule has 2 amide bonds. The molecule has 2 aliphatic heterocycles. The third-order valence-electron chi connectivity index (χ3n) is 6.78. The number of aliphatic carboxylic acids is 1. The Bertz CT molecular complexity index is 838. The summed E-state index contributed by atoms with van der Waals surface area (Å²) in [6, 6.07) is 6.00. The fraction of sp³-hybridized carbons (Fsp3) is 0.625. The van der Waals surface area contributed by atoms with Crippen molar-refractivity contribution in [3.8, 4) is 5.75 Å². The summed E-state index contributed by atoms with van der Waals surface area (Å²) >= 11 is 0. The average molecular weight is 445 g/mol. The largest absolute Gasteiger partial charge is 0.491 e. The fourth-order valence-electron chi connectivity index (χ4n) is 5.09. The van der Waals surface area contributed by atoms with Crippen molar-refractivity contribution in [3.05, 3.63) is 29.8 Å². The summed E-state index contributed by atoms with van der Waals surface area (Å²) < 4.78 is 11.6. The van der Waals surface area contributed by atoms with Crippen LogP contribution in [0.4, 0.5) is 0 Å². The number of ether oxygens (including phenoxy) is 2. The number of rotatable bonds is 2. The monoisotopic (exact) mass is 444 g/mol. The van der Waals surface area contributed by atoms with E-state index >= 15 is 0 Å². The van der Waals surface area contributed by atoms with Gasteiger partial charge in [0.15, 0.2) is 0 Å². The van der Waals surface area contributed by atoms with Gasteiger partial charge in [-0.1, -0.05) is 31.4 Å². The van der Waals surface area contributed by atoms with Crippen LogP contribution >= 0.6 is 0 Å².